The minimum absolute atomic E-state index is 0.0369. The van der Waals surface area contributed by atoms with Crippen molar-refractivity contribution < 1.29 is 23.1 Å². The Morgan fingerprint density at radius 3 is 2.24 bits per heavy atom. The number of likely N-dealkylation sites (N-methyl/N-ethyl adjacent to an activating group) is 1. The predicted molar refractivity (Wildman–Crippen MR) is 79.1 cm³/mol. The Balaban J connectivity index is 2.75. The fourth-order valence-electron chi connectivity index (χ4n) is 1.67. The standard InChI is InChI=1S/C13H18N2O5S/c1-15(10-5-3-9(4-6-10)13(17)18)12(16)11(14)7-8-21(2,19)20/h3-6,11H,7-8,14H2,1-2H3,(H,17,18). The first-order valence-corrected chi connectivity index (χ1v) is 8.22. The average molecular weight is 314 g/mol. The van der Waals surface area contributed by atoms with Crippen molar-refractivity contribution in [1.82, 2.24) is 0 Å². The highest BCUT2D eigenvalue weighted by molar-refractivity contribution is 7.90. The van der Waals surface area contributed by atoms with Gasteiger partial charge in [0, 0.05) is 19.0 Å². The van der Waals surface area contributed by atoms with E-state index in [-0.39, 0.29) is 17.7 Å². The third kappa shape index (κ3) is 5.16. The maximum absolute atomic E-state index is 12.1. The number of carboxylic acids is 1. The summed E-state index contributed by atoms with van der Waals surface area (Å²) in [5.41, 5.74) is 6.29. The molecule has 0 fully saturated rings. The van der Waals surface area contributed by atoms with Crippen molar-refractivity contribution in [2.24, 2.45) is 5.73 Å². The second kappa shape index (κ2) is 6.68. The van der Waals surface area contributed by atoms with Crippen LogP contribution in [0.15, 0.2) is 24.3 Å². The molecular weight excluding hydrogens is 296 g/mol. The molecule has 0 aromatic heterocycles. The SMILES string of the molecule is CN(C(=O)C(N)CCS(C)(=O)=O)c1ccc(C(=O)O)cc1. The Morgan fingerprint density at radius 1 is 1.29 bits per heavy atom. The lowest BCUT2D eigenvalue weighted by Crippen LogP contribution is -2.42. The summed E-state index contributed by atoms with van der Waals surface area (Å²) < 4.78 is 22.1. The van der Waals surface area contributed by atoms with Gasteiger partial charge in [-0.15, -0.1) is 0 Å². The van der Waals surface area contributed by atoms with Gasteiger partial charge in [-0.2, -0.15) is 0 Å². The fourth-order valence-corrected chi connectivity index (χ4v) is 2.35. The van der Waals surface area contributed by atoms with E-state index in [1.807, 2.05) is 0 Å². The quantitative estimate of drug-likeness (QED) is 0.769. The van der Waals surface area contributed by atoms with Crippen molar-refractivity contribution in [1.29, 1.82) is 0 Å². The van der Waals surface area contributed by atoms with Crippen molar-refractivity contribution in [2.45, 2.75) is 12.5 Å². The molecule has 1 aromatic rings. The van der Waals surface area contributed by atoms with Gasteiger partial charge in [0.05, 0.1) is 17.4 Å². The minimum atomic E-state index is -3.17. The van der Waals surface area contributed by atoms with Gasteiger partial charge in [-0.25, -0.2) is 13.2 Å². The van der Waals surface area contributed by atoms with Gasteiger partial charge in [0.15, 0.2) is 0 Å². The number of anilines is 1. The van der Waals surface area contributed by atoms with Gasteiger partial charge in [0.25, 0.3) is 0 Å². The molecule has 0 aliphatic rings. The van der Waals surface area contributed by atoms with Crippen LogP contribution in [-0.4, -0.2) is 50.5 Å². The van der Waals surface area contributed by atoms with Crippen molar-refractivity contribution in [3.63, 3.8) is 0 Å². The van der Waals surface area contributed by atoms with E-state index in [9.17, 15) is 18.0 Å². The van der Waals surface area contributed by atoms with Gasteiger partial charge in [-0.05, 0) is 30.7 Å². The number of carboxylic acid groups (broad SMARTS) is 1. The first kappa shape index (κ1) is 17.1. The Bertz CT molecular complexity index is 624. The highest BCUT2D eigenvalue weighted by atomic mass is 32.2. The molecule has 8 heteroatoms. The molecule has 0 radical (unpaired) electrons. The number of nitrogens with two attached hydrogens (primary N) is 1. The lowest BCUT2D eigenvalue weighted by Gasteiger charge is -2.21. The number of hydrogen-bond acceptors (Lipinski definition) is 5. The molecule has 1 rings (SSSR count). The molecule has 0 aliphatic carbocycles. The lowest BCUT2D eigenvalue weighted by atomic mass is 10.1. The molecule has 0 saturated carbocycles. The zero-order valence-corrected chi connectivity index (χ0v) is 12.6. The summed E-state index contributed by atoms with van der Waals surface area (Å²) in [6.07, 6.45) is 1.12. The highest BCUT2D eigenvalue weighted by Gasteiger charge is 2.20. The van der Waals surface area contributed by atoms with Crippen LogP contribution in [0.5, 0.6) is 0 Å². The van der Waals surface area contributed by atoms with Crippen LogP contribution < -0.4 is 10.6 Å². The van der Waals surface area contributed by atoms with E-state index >= 15 is 0 Å². The number of aromatic carboxylic acids is 1. The summed E-state index contributed by atoms with van der Waals surface area (Å²) in [7, 11) is -1.68. The van der Waals surface area contributed by atoms with Gasteiger partial charge in [0.2, 0.25) is 5.91 Å². The Kier molecular flexibility index (Phi) is 5.45. The van der Waals surface area contributed by atoms with E-state index in [1.54, 1.807) is 0 Å². The minimum Gasteiger partial charge on any atom is -0.478 e. The van der Waals surface area contributed by atoms with E-state index < -0.39 is 27.8 Å². The van der Waals surface area contributed by atoms with Crippen LogP contribution in [0.25, 0.3) is 0 Å². The molecule has 3 N–H and O–H groups in total. The number of carbonyl (C=O) groups is 2. The van der Waals surface area contributed by atoms with Gasteiger partial charge in [0.1, 0.15) is 9.84 Å². The van der Waals surface area contributed by atoms with Crippen LogP contribution in [0, 0.1) is 0 Å². The highest BCUT2D eigenvalue weighted by Crippen LogP contribution is 2.15. The largest absolute Gasteiger partial charge is 0.478 e. The number of carbonyl (C=O) groups excluding carboxylic acids is 1. The lowest BCUT2D eigenvalue weighted by molar-refractivity contribution is -0.119. The second-order valence-corrected chi connectivity index (χ2v) is 7.03. The smallest absolute Gasteiger partial charge is 0.335 e. The molecule has 1 aromatic carbocycles. The Labute approximate surface area is 123 Å². The van der Waals surface area contributed by atoms with E-state index in [2.05, 4.69) is 0 Å². The summed E-state index contributed by atoms with van der Waals surface area (Å²) in [6, 6.07) is 4.81. The second-order valence-electron chi connectivity index (χ2n) is 4.77. The fraction of sp³-hybridized carbons (Fsp3) is 0.385. The first-order valence-electron chi connectivity index (χ1n) is 6.16. The number of hydrogen-bond donors (Lipinski definition) is 2. The summed E-state index contributed by atoms with van der Waals surface area (Å²) in [4.78, 5) is 24.1. The average Bonchev–Trinajstić information content (AvgIpc) is 2.42. The monoisotopic (exact) mass is 314 g/mol. The third-order valence-electron chi connectivity index (χ3n) is 2.95. The number of rotatable bonds is 6. The molecular formula is C13H18N2O5S. The summed E-state index contributed by atoms with van der Waals surface area (Å²) in [5, 5.41) is 8.80. The van der Waals surface area contributed by atoms with Crippen molar-refractivity contribution in [3.05, 3.63) is 29.8 Å². The van der Waals surface area contributed by atoms with Crippen LogP contribution in [0.2, 0.25) is 0 Å². The van der Waals surface area contributed by atoms with Gasteiger partial charge < -0.3 is 15.7 Å². The van der Waals surface area contributed by atoms with Gasteiger partial charge in [-0.1, -0.05) is 0 Å². The first-order chi connectivity index (χ1) is 9.61. The maximum Gasteiger partial charge on any atom is 0.335 e. The summed E-state index contributed by atoms with van der Waals surface area (Å²) in [5.74, 6) is -1.65. The third-order valence-corrected chi connectivity index (χ3v) is 3.93. The van der Waals surface area contributed by atoms with Crippen LogP contribution in [-0.2, 0) is 14.6 Å². The molecule has 0 saturated heterocycles. The van der Waals surface area contributed by atoms with Crippen LogP contribution >= 0.6 is 0 Å². The molecule has 21 heavy (non-hydrogen) atoms. The van der Waals surface area contributed by atoms with E-state index in [0.29, 0.717) is 5.69 Å². The van der Waals surface area contributed by atoms with Crippen LogP contribution in [0.3, 0.4) is 0 Å². The molecule has 1 unspecified atom stereocenters. The van der Waals surface area contributed by atoms with Crippen LogP contribution in [0.4, 0.5) is 5.69 Å². The van der Waals surface area contributed by atoms with Crippen molar-refractivity contribution in [3.8, 4) is 0 Å². The molecule has 0 spiro atoms. The van der Waals surface area contributed by atoms with Gasteiger partial charge >= 0.3 is 5.97 Å². The van der Waals surface area contributed by atoms with Crippen molar-refractivity contribution >= 4 is 27.4 Å². The molecule has 1 atom stereocenters. The Morgan fingerprint density at radius 2 is 1.81 bits per heavy atom. The summed E-state index contributed by atoms with van der Waals surface area (Å²) in [6.45, 7) is 0. The van der Waals surface area contributed by atoms with E-state index in [1.165, 1.54) is 36.2 Å². The number of sulfone groups is 1. The van der Waals surface area contributed by atoms with Crippen molar-refractivity contribution in [2.75, 3.05) is 24.0 Å². The number of amides is 1. The normalized spacial score (nSPS) is 12.7. The van der Waals surface area contributed by atoms with Crippen LogP contribution in [0.1, 0.15) is 16.8 Å². The molecule has 7 nitrogen and oxygen atoms in total. The molecule has 0 bridgehead atoms. The number of benzene rings is 1. The maximum atomic E-state index is 12.1. The predicted octanol–water partition coefficient (Wildman–Crippen LogP) is 0.110. The zero-order chi connectivity index (χ0) is 16.2. The molecule has 0 heterocycles. The van der Waals surface area contributed by atoms with E-state index in [4.69, 9.17) is 10.8 Å². The van der Waals surface area contributed by atoms with E-state index in [0.717, 1.165) is 6.26 Å². The molecule has 116 valence electrons. The topological polar surface area (TPSA) is 118 Å². The zero-order valence-electron chi connectivity index (χ0n) is 11.8. The molecule has 1 amide bonds. The van der Waals surface area contributed by atoms with Gasteiger partial charge in [-0.3, -0.25) is 4.79 Å². The number of nitrogens with zero attached hydrogens (tertiary/aromatic N) is 1. The summed E-state index contributed by atoms with van der Waals surface area (Å²) >= 11 is 0. The molecule has 0 aliphatic heterocycles. The Hall–Kier alpha value is -1.93.